The number of benzene rings is 6. The van der Waals surface area contributed by atoms with Crippen LogP contribution in [-0.4, -0.2) is 9.97 Å². The van der Waals surface area contributed by atoms with Gasteiger partial charge in [0.05, 0.1) is 17.1 Å². The van der Waals surface area contributed by atoms with Crippen molar-refractivity contribution >= 4 is 54.1 Å². The maximum atomic E-state index is 12.6. The fourth-order valence-corrected chi connectivity index (χ4v) is 6.62. The van der Waals surface area contributed by atoms with E-state index in [0.29, 0.717) is 5.56 Å². The molecule has 0 amide bonds. The molecule has 0 atom stereocenters. The van der Waals surface area contributed by atoms with Crippen molar-refractivity contribution in [3.05, 3.63) is 146 Å². The molecule has 4 nitrogen and oxygen atoms in total. The van der Waals surface area contributed by atoms with Gasteiger partial charge in [-0.2, -0.15) is 0 Å². The maximum absolute atomic E-state index is 12.6. The van der Waals surface area contributed by atoms with Gasteiger partial charge < -0.3 is 5.11 Å². The average molecular weight is 583 g/mol. The van der Waals surface area contributed by atoms with Crippen LogP contribution in [0.15, 0.2) is 146 Å². The van der Waals surface area contributed by atoms with Crippen LogP contribution in [-0.2, 0) is 0 Å². The van der Waals surface area contributed by atoms with Gasteiger partial charge in [-0.3, -0.25) is 0 Å². The Hall–Kier alpha value is -5.53. The average Bonchev–Trinajstić information content (AvgIpc) is 3.11. The molecular formula is C41H25LiN3O+. The van der Waals surface area contributed by atoms with Crippen LogP contribution in [0.1, 0.15) is 0 Å². The summed E-state index contributed by atoms with van der Waals surface area (Å²) in [6.07, 6.45) is 0. The predicted molar refractivity (Wildman–Crippen MR) is 182 cm³/mol. The quantitative estimate of drug-likeness (QED) is 0.186. The molecule has 5 heteroatoms. The van der Waals surface area contributed by atoms with Crippen LogP contribution in [0.5, 0.6) is 5.75 Å². The second kappa shape index (κ2) is 11.1. The van der Waals surface area contributed by atoms with Crippen molar-refractivity contribution < 1.29 is 29.0 Å². The van der Waals surface area contributed by atoms with Crippen molar-refractivity contribution in [2.24, 2.45) is 0 Å². The summed E-state index contributed by atoms with van der Waals surface area (Å²) < 4.78 is 0. The second-order valence-electron chi connectivity index (χ2n) is 11.4. The van der Waals surface area contributed by atoms with Crippen LogP contribution in [0, 0.1) is 0 Å². The van der Waals surface area contributed by atoms with E-state index in [2.05, 4.69) is 96.0 Å². The van der Waals surface area contributed by atoms with E-state index in [1.54, 1.807) is 12.1 Å². The van der Waals surface area contributed by atoms with Crippen LogP contribution in [0.4, 0.5) is 0 Å². The molecule has 3 heterocycles. The molecule has 0 radical (unpaired) electrons. The van der Waals surface area contributed by atoms with Crippen molar-refractivity contribution in [1.82, 2.24) is 9.97 Å². The minimum Gasteiger partial charge on any atom is -0.872 e. The van der Waals surface area contributed by atoms with E-state index in [-0.39, 0.29) is 24.6 Å². The Balaban J connectivity index is 0.00000312. The molecule has 210 valence electrons. The summed E-state index contributed by atoms with van der Waals surface area (Å²) in [5.41, 5.74) is 6.68. The monoisotopic (exact) mass is 582 g/mol. The van der Waals surface area contributed by atoms with Gasteiger partial charge in [0, 0.05) is 28.0 Å². The third-order valence-electron chi connectivity index (χ3n) is 8.81. The molecular weight excluding hydrogens is 557 g/mol. The molecule has 9 aromatic rings. The molecule has 0 aliphatic rings. The fraction of sp³-hybridized carbons (Fsp3) is 0. The molecule has 6 aromatic carbocycles. The van der Waals surface area contributed by atoms with Crippen molar-refractivity contribution in [3.8, 4) is 39.7 Å². The standard InChI is InChI=1S/C41H25N3O.Li/c45-39-15-6-5-12-33(39)36-22-19-25-16-17-26-20-23-38(44-41(26)40(25)43-36)37-14-7-13-35(42-37)27-18-21-32-30-10-2-1-8-28(30)29-9-3-4-11-31(29)34(32)24-27;/h1-24,45H;/q;+1. The van der Waals surface area contributed by atoms with Gasteiger partial charge in [0.15, 0.2) is 0 Å². The number of hydrogen-bond donors (Lipinski definition) is 0. The maximum Gasteiger partial charge on any atom is 1.00 e. The molecule has 0 bridgehead atoms. The predicted octanol–water partition coefficient (Wildman–Crippen LogP) is 6.14. The largest absolute Gasteiger partial charge is 1.00 e. The molecule has 0 aliphatic heterocycles. The molecule has 0 saturated heterocycles. The number of para-hydroxylation sites is 1. The van der Waals surface area contributed by atoms with Crippen molar-refractivity contribution in [1.29, 1.82) is 0 Å². The Morgan fingerprint density at radius 1 is 0.457 bits per heavy atom. The van der Waals surface area contributed by atoms with Gasteiger partial charge in [0.25, 0.3) is 0 Å². The van der Waals surface area contributed by atoms with Gasteiger partial charge in [-0.15, -0.1) is 0 Å². The number of nitrogens with zero attached hydrogens (tertiary/aromatic N) is 2. The number of hydrogen-bond acceptors (Lipinski definition) is 3. The van der Waals surface area contributed by atoms with E-state index >= 15 is 0 Å². The third-order valence-corrected chi connectivity index (χ3v) is 8.81. The van der Waals surface area contributed by atoms with E-state index in [9.17, 15) is 5.11 Å². The molecule has 0 saturated carbocycles. The molecule has 9 rings (SSSR count). The summed E-state index contributed by atoms with van der Waals surface area (Å²) in [5.74, 6) is -0.0159. The fourth-order valence-electron chi connectivity index (χ4n) is 6.62. The smallest absolute Gasteiger partial charge is 0.872 e. The molecule has 0 fully saturated rings. The third kappa shape index (κ3) is 4.51. The van der Waals surface area contributed by atoms with E-state index in [4.69, 9.17) is 9.97 Å². The summed E-state index contributed by atoms with van der Waals surface area (Å²) in [5, 5.41) is 22.1. The molecule has 3 aromatic heterocycles. The van der Waals surface area contributed by atoms with Gasteiger partial charge in [-0.05, 0) is 74.8 Å². The van der Waals surface area contributed by atoms with Crippen molar-refractivity contribution in [2.45, 2.75) is 0 Å². The Morgan fingerprint density at radius 2 is 1.04 bits per heavy atom. The number of aromatic nitrogens is 3. The Kier molecular flexibility index (Phi) is 6.76. The van der Waals surface area contributed by atoms with Crippen LogP contribution in [0.2, 0.25) is 0 Å². The first kappa shape index (κ1) is 28.0. The van der Waals surface area contributed by atoms with E-state index in [1.165, 1.54) is 32.3 Å². The van der Waals surface area contributed by atoms with Crippen LogP contribution in [0.25, 0.3) is 88.0 Å². The minimum absolute atomic E-state index is 0. The van der Waals surface area contributed by atoms with Gasteiger partial charge in [0.1, 0.15) is 5.52 Å². The number of aromatic amines is 1. The number of pyridine rings is 3. The normalized spacial score (nSPS) is 11.4. The summed E-state index contributed by atoms with van der Waals surface area (Å²) in [6, 6.07) is 49.4. The first-order valence-corrected chi connectivity index (χ1v) is 15.0. The number of fused-ring (bicyclic) bond motifs is 9. The van der Waals surface area contributed by atoms with Crippen molar-refractivity contribution in [2.75, 3.05) is 0 Å². The minimum atomic E-state index is -0.0159. The molecule has 46 heavy (non-hydrogen) atoms. The summed E-state index contributed by atoms with van der Waals surface area (Å²) in [4.78, 5) is 13.7. The topological polar surface area (TPSA) is 63.0 Å². The van der Waals surface area contributed by atoms with Crippen LogP contribution in [0.3, 0.4) is 0 Å². The Bertz CT molecular complexity index is 2600. The van der Waals surface area contributed by atoms with Crippen molar-refractivity contribution in [3.63, 3.8) is 0 Å². The first-order chi connectivity index (χ1) is 22.2. The number of rotatable bonds is 3. The van der Waals surface area contributed by atoms with Crippen LogP contribution >= 0.6 is 0 Å². The SMILES string of the molecule is [Li+].[O-]c1ccccc1-c1ccc2ccc3ccc(-c4cccc(-c5ccc6c7ccccc7c7ccccc7c6c5)n4)nc3c2[nH+]1. The zero-order valence-corrected chi connectivity index (χ0v) is 25.2. The summed E-state index contributed by atoms with van der Waals surface area (Å²) in [6.45, 7) is 0. The molecule has 1 N–H and O–H groups in total. The molecule has 0 unspecified atom stereocenters. The van der Waals surface area contributed by atoms with Gasteiger partial charge >= 0.3 is 18.9 Å². The van der Waals surface area contributed by atoms with Gasteiger partial charge in [-0.1, -0.05) is 103 Å². The summed E-state index contributed by atoms with van der Waals surface area (Å²) >= 11 is 0. The molecule has 0 aliphatic carbocycles. The van der Waals surface area contributed by atoms with E-state index in [0.717, 1.165) is 50.1 Å². The van der Waals surface area contributed by atoms with E-state index < -0.39 is 0 Å². The summed E-state index contributed by atoms with van der Waals surface area (Å²) in [7, 11) is 0. The van der Waals surface area contributed by atoms with Gasteiger partial charge in [0.2, 0.25) is 11.2 Å². The number of H-pyrrole nitrogens is 1. The second-order valence-corrected chi connectivity index (χ2v) is 11.4. The Morgan fingerprint density at radius 3 is 1.80 bits per heavy atom. The first-order valence-electron chi connectivity index (χ1n) is 15.0. The van der Waals surface area contributed by atoms with Crippen LogP contribution < -0.4 is 29.0 Å². The number of nitrogens with one attached hydrogen (secondary N) is 1. The zero-order chi connectivity index (χ0) is 29.9. The van der Waals surface area contributed by atoms with E-state index in [1.807, 2.05) is 42.5 Å². The van der Waals surface area contributed by atoms with Gasteiger partial charge in [-0.25, -0.2) is 15.0 Å². The Labute approximate surface area is 277 Å². The molecule has 0 spiro atoms. The zero-order valence-electron chi connectivity index (χ0n) is 25.2.